The van der Waals surface area contributed by atoms with Gasteiger partial charge in [-0.05, 0) is 103 Å². The lowest BCUT2D eigenvalue weighted by Crippen LogP contribution is -2.40. The minimum Gasteiger partial charge on any atom is -0.491 e. The topological polar surface area (TPSA) is 105 Å². The Balaban J connectivity index is 1.88. The number of halogens is 2. The third kappa shape index (κ3) is 6.85. The minimum atomic E-state index is -0.781. The van der Waals surface area contributed by atoms with Gasteiger partial charge in [-0.25, -0.2) is 14.6 Å². The monoisotopic (exact) mass is 802 g/mol. The molecule has 12 heteroatoms. The number of benzene rings is 2. The standard InChI is InChI=1S/C29H28I2N2O7S/c1-6-38-28(36)24-16(4)32-29-33(25(24)18-9-7-8-10-21(18)40-15(2)3)27(35)22(41-29)13-17-11-19(30)26(20(31)12-17)39-14-23(34)37-5/h7-13,15,25H,6,14H2,1-5H3/b22-13+/t25-/m1/s1. The summed E-state index contributed by atoms with van der Waals surface area (Å²) in [5, 5.41) is 0. The molecular weight excluding hydrogens is 774 g/mol. The zero-order valence-corrected chi connectivity index (χ0v) is 28.2. The van der Waals surface area contributed by atoms with Crippen LogP contribution in [0.5, 0.6) is 11.5 Å². The number of esters is 2. The number of carbonyl (C=O) groups is 2. The molecule has 9 nitrogen and oxygen atoms in total. The number of thiazole rings is 1. The molecule has 3 aromatic rings. The molecule has 0 aliphatic carbocycles. The summed E-state index contributed by atoms with van der Waals surface area (Å²) in [4.78, 5) is 43.9. The van der Waals surface area contributed by atoms with Crippen molar-refractivity contribution in [2.75, 3.05) is 20.3 Å². The lowest BCUT2D eigenvalue weighted by molar-refractivity contribution is -0.143. The Hall–Kier alpha value is -2.72. The highest BCUT2D eigenvalue weighted by molar-refractivity contribution is 14.1. The molecule has 0 N–H and O–H groups in total. The molecule has 0 amide bonds. The first-order chi connectivity index (χ1) is 19.5. The molecule has 2 heterocycles. The quantitative estimate of drug-likeness (QED) is 0.234. The van der Waals surface area contributed by atoms with Gasteiger partial charge in [0.1, 0.15) is 17.5 Å². The van der Waals surface area contributed by atoms with Crippen LogP contribution in [0.2, 0.25) is 0 Å². The van der Waals surface area contributed by atoms with Crippen LogP contribution in [0.4, 0.5) is 0 Å². The van der Waals surface area contributed by atoms with Crippen LogP contribution in [0.25, 0.3) is 6.08 Å². The first kappa shape index (κ1) is 31.2. The number of carbonyl (C=O) groups excluding carboxylic acids is 2. The highest BCUT2D eigenvalue weighted by Gasteiger charge is 2.35. The number of fused-ring (bicyclic) bond motifs is 1. The second-order valence-corrected chi connectivity index (χ2v) is 12.5. The van der Waals surface area contributed by atoms with Gasteiger partial charge in [-0.2, -0.15) is 0 Å². The molecule has 216 valence electrons. The van der Waals surface area contributed by atoms with Crippen molar-refractivity contribution in [3.05, 3.63) is 85.6 Å². The lowest BCUT2D eigenvalue weighted by atomic mass is 9.95. The van der Waals surface area contributed by atoms with Crippen molar-refractivity contribution in [2.24, 2.45) is 4.99 Å². The van der Waals surface area contributed by atoms with Gasteiger partial charge < -0.3 is 18.9 Å². The van der Waals surface area contributed by atoms with E-state index in [9.17, 15) is 14.4 Å². The van der Waals surface area contributed by atoms with Gasteiger partial charge in [-0.1, -0.05) is 29.5 Å². The maximum atomic E-state index is 14.0. The summed E-state index contributed by atoms with van der Waals surface area (Å²) in [6.45, 7) is 7.31. The maximum absolute atomic E-state index is 14.0. The molecular formula is C29H28I2N2O7S. The summed E-state index contributed by atoms with van der Waals surface area (Å²) in [6.07, 6.45) is 1.67. The Bertz CT molecular complexity index is 1690. The predicted octanol–water partition coefficient (Wildman–Crippen LogP) is 4.35. The molecule has 4 rings (SSSR count). The van der Waals surface area contributed by atoms with Gasteiger partial charge >= 0.3 is 11.9 Å². The molecule has 0 fully saturated rings. The van der Waals surface area contributed by atoms with Crippen LogP contribution >= 0.6 is 56.5 Å². The van der Waals surface area contributed by atoms with Crippen LogP contribution in [0.3, 0.4) is 0 Å². The van der Waals surface area contributed by atoms with Crippen molar-refractivity contribution in [1.82, 2.24) is 4.57 Å². The van der Waals surface area contributed by atoms with E-state index < -0.39 is 18.0 Å². The number of ether oxygens (including phenoxy) is 4. The molecule has 0 saturated heterocycles. The van der Waals surface area contributed by atoms with E-state index in [1.165, 1.54) is 18.4 Å². The van der Waals surface area contributed by atoms with E-state index in [0.717, 1.165) is 12.7 Å². The molecule has 1 aliphatic heterocycles. The summed E-state index contributed by atoms with van der Waals surface area (Å²) in [6, 6.07) is 10.3. The van der Waals surface area contributed by atoms with Crippen LogP contribution in [0, 0.1) is 7.14 Å². The lowest BCUT2D eigenvalue weighted by Gasteiger charge is -2.26. The summed E-state index contributed by atoms with van der Waals surface area (Å²) in [5.41, 5.74) is 1.93. The Morgan fingerprint density at radius 3 is 2.49 bits per heavy atom. The number of methoxy groups -OCH3 is 1. The first-order valence-electron chi connectivity index (χ1n) is 12.7. The SMILES string of the molecule is CCOC(=O)C1=C(C)N=c2s/c(=C/c3cc(I)c(OCC(=O)OC)c(I)c3)c(=O)n2[C@@H]1c1ccccc1OC(C)C. The number of nitrogens with zero attached hydrogens (tertiary/aromatic N) is 2. The zero-order chi connectivity index (χ0) is 29.8. The third-order valence-electron chi connectivity index (χ3n) is 5.97. The molecule has 2 aromatic carbocycles. The largest absolute Gasteiger partial charge is 0.491 e. The van der Waals surface area contributed by atoms with Crippen molar-refractivity contribution in [3.8, 4) is 11.5 Å². The highest BCUT2D eigenvalue weighted by atomic mass is 127. The van der Waals surface area contributed by atoms with Crippen LogP contribution in [-0.4, -0.2) is 42.9 Å². The molecule has 0 radical (unpaired) electrons. The number of rotatable bonds is 9. The average molecular weight is 802 g/mol. The summed E-state index contributed by atoms with van der Waals surface area (Å²) in [5.74, 6) is 0.130. The fourth-order valence-corrected chi connectivity index (χ4v) is 7.47. The number of hydrogen-bond donors (Lipinski definition) is 0. The molecule has 1 atom stereocenters. The first-order valence-corrected chi connectivity index (χ1v) is 15.7. The summed E-state index contributed by atoms with van der Waals surface area (Å²) >= 11 is 5.50. The third-order valence-corrected chi connectivity index (χ3v) is 8.56. The van der Waals surface area contributed by atoms with E-state index in [4.69, 9.17) is 14.2 Å². The van der Waals surface area contributed by atoms with Crippen LogP contribution < -0.4 is 24.4 Å². The number of aromatic nitrogens is 1. The highest BCUT2D eigenvalue weighted by Crippen LogP contribution is 2.36. The van der Waals surface area contributed by atoms with Crippen LogP contribution in [0.15, 0.2) is 57.5 Å². The second kappa shape index (κ2) is 13.5. The number of allylic oxidation sites excluding steroid dienone is 1. The van der Waals surface area contributed by atoms with Gasteiger partial charge in [0.2, 0.25) is 0 Å². The number of para-hydroxylation sites is 1. The second-order valence-electron chi connectivity index (χ2n) is 9.19. The normalized spacial score (nSPS) is 14.9. The Morgan fingerprint density at radius 2 is 1.85 bits per heavy atom. The predicted molar refractivity (Wildman–Crippen MR) is 172 cm³/mol. The Kier molecular flexibility index (Phi) is 10.3. The van der Waals surface area contributed by atoms with E-state index in [0.29, 0.717) is 37.7 Å². The molecule has 1 aromatic heterocycles. The fraction of sp³-hybridized carbons (Fsp3) is 0.310. The van der Waals surface area contributed by atoms with E-state index in [1.807, 2.05) is 50.2 Å². The van der Waals surface area contributed by atoms with Crippen molar-refractivity contribution >= 4 is 74.5 Å². The molecule has 41 heavy (non-hydrogen) atoms. The van der Waals surface area contributed by atoms with Gasteiger partial charge in [0.25, 0.3) is 5.56 Å². The maximum Gasteiger partial charge on any atom is 0.343 e. The summed E-state index contributed by atoms with van der Waals surface area (Å²) < 4.78 is 25.3. The van der Waals surface area contributed by atoms with Crippen molar-refractivity contribution in [2.45, 2.75) is 39.8 Å². The molecule has 1 aliphatic rings. The van der Waals surface area contributed by atoms with Gasteiger partial charge in [0.05, 0.1) is 42.8 Å². The van der Waals surface area contributed by atoms with Crippen LogP contribution in [0.1, 0.15) is 44.9 Å². The number of hydrogen-bond acceptors (Lipinski definition) is 9. The Morgan fingerprint density at radius 1 is 1.17 bits per heavy atom. The van der Waals surface area contributed by atoms with Gasteiger partial charge in [-0.3, -0.25) is 9.36 Å². The van der Waals surface area contributed by atoms with E-state index in [2.05, 4.69) is 54.9 Å². The smallest absolute Gasteiger partial charge is 0.343 e. The minimum absolute atomic E-state index is 0.118. The van der Waals surface area contributed by atoms with E-state index in [-0.39, 0.29) is 24.9 Å². The fourth-order valence-electron chi connectivity index (χ4n) is 4.30. The molecule has 0 spiro atoms. The van der Waals surface area contributed by atoms with Crippen LogP contribution in [-0.2, 0) is 19.1 Å². The van der Waals surface area contributed by atoms with E-state index >= 15 is 0 Å². The Labute approximate surface area is 268 Å². The molecule has 0 unspecified atom stereocenters. The van der Waals surface area contributed by atoms with Crippen molar-refractivity contribution in [3.63, 3.8) is 0 Å². The van der Waals surface area contributed by atoms with E-state index in [1.54, 1.807) is 24.5 Å². The van der Waals surface area contributed by atoms with Gasteiger partial charge in [0.15, 0.2) is 11.4 Å². The van der Waals surface area contributed by atoms with Crippen molar-refractivity contribution in [1.29, 1.82) is 0 Å². The van der Waals surface area contributed by atoms with Crippen molar-refractivity contribution < 1.29 is 28.5 Å². The zero-order valence-electron chi connectivity index (χ0n) is 23.0. The molecule has 0 bridgehead atoms. The van der Waals surface area contributed by atoms with Gasteiger partial charge in [-0.15, -0.1) is 0 Å². The average Bonchev–Trinajstić information content (AvgIpc) is 3.21. The van der Waals surface area contributed by atoms with Gasteiger partial charge in [0, 0.05) is 5.56 Å². The summed E-state index contributed by atoms with van der Waals surface area (Å²) in [7, 11) is 1.30. The molecule has 0 saturated carbocycles.